The Morgan fingerprint density at radius 1 is 1.00 bits per heavy atom. The van der Waals surface area contributed by atoms with E-state index in [1.165, 1.54) is 12.1 Å². The number of aryl methyl sites for hydroxylation is 1. The standard InChI is InChI=1S/C14H9F3O2/c1-7-2-3-11(15)9(4-7)10-5-8(14(18)19)6-12(16)13(10)17/h2-6H,1H3,(H,18,19). The summed E-state index contributed by atoms with van der Waals surface area (Å²) in [7, 11) is 0. The summed E-state index contributed by atoms with van der Waals surface area (Å²) in [5.74, 6) is -4.75. The van der Waals surface area contributed by atoms with Gasteiger partial charge < -0.3 is 5.11 Å². The number of halogens is 3. The number of aromatic carboxylic acids is 1. The van der Waals surface area contributed by atoms with Crippen molar-refractivity contribution in [1.29, 1.82) is 0 Å². The van der Waals surface area contributed by atoms with E-state index >= 15 is 0 Å². The molecule has 0 saturated carbocycles. The predicted molar refractivity (Wildman–Crippen MR) is 63.4 cm³/mol. The van der Waals surface area contributed by atoms with Gasteiger partial charge in [0.2, 0.25) is 0 Å². The zero-order valence-electron chi connectivity index (χ0n) is 9.88. The number of rotatable bonds is 2. The summed E-state index contributed by atoms with van der Waals surface area (Å²) in [5.41, 5.74) is -0.357. The summed E-state index contributed by atoms with van der Waals surface area (Å²) in [6, 6.07) is 5.41. The van der Waals surface area contributed by atoms with E-state index in [9.17, 15) is 18.0 Å². The van der Waals surface area contributed by atoms with Crippen LogP contribution in [0.1, 0.15) is 15.9 Å². The van der Waals surface area contributed by atoms with Crippen LogP contribution in [0, 0.1) is 24.4 Å². The zero-order chi connectivity index (χ0) is 14.2. The van der Waals surface area contributed by atoms with E-state index in [0.29, 0.717) is 11.6 Å². The van der Waals surface area contributed by atoms with Crippen molar-refractivity contribution >= 4 is 5.97 Å². The Bertz CT molecular complexity index is 666. The van der Waals surface area contributed by atoms with Crippen LogP contribution in [-0.4, -0.2) is 11.1 Å². The van der Waals surface area contributed by atoms with Gasteiger partial charge in [0.1, 0.15) is 5.82 Å². The first kappa shape index (κ1) is 13.1. The fourth-order valence-corrected chi connectivity index (χ4v) is 1.75. The average Bonchev–Trinajstić information content (AvgIpc) is 2.35. The molecule has 0 heterocycles. The quantitative estimate of drug-likeness (QED) is 0.898. The Balaban J connectivity index is 2.74. The van der Waals surface area contributed by atoms with Gasteiger partial charge in [-0.2, -0.15) is 0 Å². The summed E-state index contributed by atoms with van der Waals surface area (Å²) in [4.78, 5) is 10.8. The molecule has 0 unspecified atom stereocenters. The van der Waals surface area contributed by atoms with Gasteiger partial charge in [0.25, 0.3) is 0 Å². The molecule has 0 radical (unpaired) electrons. The Labute approximate surface area is 107 Å². The molecular weight excluding hydrogens is 257 g/mol. The molecule has 2 aromatic carbocycles. The molecule has 2 aromatic rings. The van der Waals surface area contributed by atoms with E-state index in [1.807, 2.05) is 0 Å². The van der Waals surface area contributed by atoms with E-state index in [2.05, 4.69) is 0 Å². The molecule has 0 saturated heterocycles. The molecule has 0 fully saturated rings. The molecular formula is C14H9F3O2. The lowest BCUT2D eigenvalue weighted by atomic mass is 10.00. The Hall–Kier alpha value is -2.30. The van der Waals surface area contributed by atoms with E-state index in [-0.39, 0.29) is 5.56 Å². The Morgan fingerprint density at radius 3 is 2.32 bits per heavy atom. The van der Waals surface area contributed by atoms with Crippen molar-refractivity contribution in [3.63, 3.8) is 0 Å². The van der Waals surface area contributed by atoms with Crippen molar-refractivity contribution in [1.82, 2.24) is 0 Å². The predicted octanol–water partition coefficient (Wildman–Crippen LogP) is 3.78. The van der Waals surface area contributed by atoms with Crippen LogP contribution in [0.2, 0.25) is 0 Å². The van der Waals surface area contributed by atoms with Crippen LogP contribution in [-0.2, 0) is 0 Å². The number of carbonyl (C=O) groups is 1. The molecule has 0 bridgehead atoms. The molecule has 0 spiro atoms. The lowest BCUT2D eigenvalue weighted by Gasteiger charge is -2.08. The molecule has 5 heteroatoms. The molecule has 0 atom stereocenters. The summed E-state index contributed by atoms with van der Waals surface area (Å²) >= 11 is 0. The van der Waals surface area contributed by atoms with Gasteiger partial charge in [0.15, 0.2) is 11.6 Å². The first-order valence-corrected chi connectivity index (χ1v) is 5.39. The fraction of sp³-hybridized carbons (Fsp3) is 0.0714. The lowest BCUT2D eigenvalue weighted by molar-refractivity contribution is 0.0696. The summed E-state index contributed by atoms with van der Waals surface area (Å²) < 4.78 is 40.7. The highest BCUT2D eigenvalue weighted by Crippen LogP contribution is 2.29. The Kier molecular flexibility index (Phi) is 3.29. The molecule has 2 nitrogen and oxygen atoms in total. The molecule has 19 heavy (non-hydrogen) atoms. The van der Waals surface area contributed by atoms with Crippen molar-refractivity contribution in [2.45, 2.75) is 6.92 Å². The van der Waals surface area contributed by atoms with Crippen molar-refractivity contribution in [2.24, 2.45) is 0 Å². The monoisotopic (exact) mass is 266 g/mol. The minimum Gasteiger partial charge on any atom is -0.478 e. The van der Waals surface area contributed by atoms with Gasteiger partial charge in [-0.05, 0) is 31.2 Å². The largest absolute Gasteiger partial charge is 0.478 e. The first-order chi connectivity index (χ1) is 8.90. The van der Waals surface area contributed by atoms with E-state index in [1.54, 1.807) is 6.92 Å². The highest BCUT2D eigenvalue weighted by molar-refractivity contribution is 5.89. The van der Waals surface area contributed by atoms with Gasteiger partial charge in [0, 0.05) is 11.1 Å². The van der Waals surface area contributed by atoms with Gasteiger partial charge in [-0.25, -0.2) is 18.0 Å². The van der Waals surface area contributed by atoms with Crippen LogP contribution in [0.15, 0.2) is 30.3 Å². The SMILES string of the molecule is Cc1ccc(F)c(-c2cc(C(=O)O)cc(F)c2F)c1. The van der Waals surface area contributed by atoms with Crippen LogP contribution in [0.4, 0.5) is 13.2 Å². The lowest BCUT2D eigenvalue weighted by Crippen LogP contribution is -2.01. The van der Waals surface area contributed by atoms with Crippen molar-refractivity contribution in [2.75, 3.05) is 0 Å². The van der Waals surface area contributed by atoms with Gasteiger partial charge in [-0.3, -0.25) is 0 Å². The number of benzene rings is 2. The Morgan fingerprint density at radius 2 is 1.68 bits per heavy atom. The molecule has 0 aromatic heterocycles. The van der Waals surface area contributed by atoms with Crippen molar-refractivity contribution in [3.05, 3.63) is 58.9 Å². The van der Waals surface area contributed by atoms with Crippen LogP contribution in [0.3, 0.4) is 0 Å². The molecule has 0 aliphatic rings. The summed E-state index contributed by atoms with van der Waals surface area (Å²) in [6.45, 7) is 1.66. The third-order valence-electron chi connectivity index (χ3n) is 2.69. The minimum atomic E-state index is -1.41. The van der Waals surface area contributed by atoms with E-state index in [0.717, 1.165) is 12.1 Å². The first-order valence-electron chi connectivity index (χ1n) is 5.39. The topological polar surface area (TPSA) is 37.3 Å². The maximum absolute atomic E-state index is 13.7. The highest BCUT2D eigenvalue weighted by atomic mass is 19.2. The maximum atomic E-state index is 13.7. The second kappa shape index (κ2) is 4.76. The maximum Gasteiger partial charge on any atom is 0.335 e. The second-order valence-electron chi connectivity index (χ2n) is 4.11. The molecule has 98 valence electrons. The van der Waals surface area contributed by atoms with Crippen molar-refractivity contribution in [3.8, 4) is 11.1 Å². The fourth-order valence-electron chi connectivity index (χ4n) is 1.75. The number of hydrogen-bond donors (Lipinski definition) is 1. The van der Waals surface area contributed by atoms with Crippen molar-refractivity contribution < 1.29 is 23.1 Å². The third kappa shape index (κ3) is 2.45. The third-order valence-corrected chi connectivity index (χ3v) is 2.69. The molecule has 2 rings (SSSR count). The van der Waals surface area contributed by atoms with Gasteiger partial charge in [0.05, 0.1) is 5.56 Å². The number of carboxylic acids is 1. The van der Waals surface area contributed by atoms with E-state index < -0.39 is 34.5 Å². The van der Waals surface area contributed by atoms with Crippen LogP contribution < -0.4 is 0 Å². The highest BCUT2D eigenvalue weighted by Gasteiger charge is 2.18. The minimum absolute atomic E-state index is 0.167. The van der Waals surface area contributed by atoms with Gasteiger partial charge in [-0.15, -0.1) is 0 Å². The molecule has 0 aliphatic carbocycles. The summed E-state index contributed by atoms with van der Waals surface area (Å²) in [6.07, 6.45) is 0. The molecule has 0 amide bonds. The smallest absolute Gasteiger partial charge is 0.335 e. The summed E-state index contributed by atoms with van der Waals surface area (Å²) in [5, 5.41) is 8.81. The van der Waals surface area contributed by atoms with E-state index in [4.69, 9.17) is 5.11 Å². The average molecular weight is 266 g/mol. The molecule has 0 aliphatic heterocycles. The van der Waals surface area contributed by atoms with Crippen LogP contribution in [0.5, 0.6) is 0 Å². The van der Waals surface area contributed by atoms with Gasteiger partial charge in [-0.1, -0.05) is 11.6 Å². The number of carboxylic acid groups (broad SMARTS) is 1. The number of hydrogen-bond acceptors (Lipinski definition) is 1. The normalized spacial score (nSPS) is 10.5. The molecule has 1 N–H and O–H groups in total. The second-order valence-corrected chi connectivity index (χ2v) is 4.11. The van der Waals surface area contributed by atoms with Crippen LogP contribution in [0.25, 0.3) is 11.1 Å². The van der Waals surface area contributed by atoms with Gasteiger partial charge >= 0.3 is 5.97 Å². The van der Waals surface area contributed by atoms with Crippen LogP contribution >= 0.6 is 0 Å². The zero-order valence-corrected chi connectivity index (χ0v) is 9.88.